The van der Waals surface area contributed by atoms with Crippen LogP contribution in [-0.2, 0) is 16.5 Å². The molecule has 0 spiro atoms. The van der Waals surface area contributed by atoms with Crippen LogP contribution in [0.25, 0.3) is 0 Å². The third-order valence-electron chi connectivity index (χ3n) is 3.95. The molecule has 25 heavy (non-hydrogen) atoms. The van der Waals surface area contributed by atoms with Gasteiger partial charge >= 0.3 is 0 Å². The molecule has 0 aliphatic heterocycles. The van der Waals surface area contributed by atoms with Crippen molar-refractivity contribution in [3.05, 3.63) is 48.0 Å². The summed E-state index contributed by atoms with van der Waals surface area (Å²) < 4.78 is 38.1. The highest BCUT2D eigenvalue weighted by Crippen LogP contribution is 2.34. The highest BCUT2D eigenvalue weighted by molar-refractivity contribution is 7.86. The maximum Gasteiger partial charge on any atom is 0.298 e. The fraction of sp³-hybridized carbons (Fsp3) is 0.368. The average Bonchev–Trinajstić information content (AvgIpc) is 2.55. The van der Waals surface area contributed by atoms with Gasteiger partial charge in [0, 0.05) is 6.07 Å². The van der Waals surface area contributed by atoms with E-state index in [0.29, 0.717) is 5.75 Å². The van der Waals surface area contributed by atoms with Crippen LogP contribution in [0.3, 0.4) is 0 Å². The van der Waals surface area contributed by atoms with Crippen molar-refractivity contribution in [3.8, 4) is 17.2 Å². The summed E-state index contributed by atoms with van der Waals surface area (Å²) in [5.74, 6) is 0.286. The van der Waals surface area contributed by atoms with Crippen LogP contribution in [-0.4, -0.2) is 18.1 Å². The van der Waals surface area contributed by atoms with Gasteiger partial charge in [-0.25, -0.2) is 0 Å². The molecule has 6 heteroatoms. The highest BCUT2D eigenvalue weighted by atomic mass is 32.2. The third-order valence-corrected chi connectivity index (χ3v) is 4.84. The first-order valence-corrected chi connectivity index (χ1v) is 9.92. The van der Waals surface area contributed by atoms with Gasteiger partial charge in [-0.3, -0.25) is 4.55 Å². The minimum Gasteiger partial charge on any atom is -0.508 e. The Morgan fingerprint density at radius 2 is 1.68 bits per heavy atom. The van der Waals surface area contributed by atoms with E-state index in [4.69, 9.17) is 4.74 Å². The Labute approximate surface area is 149 Å². The molecule has 0 fully saturated rings. The van der Waals surface area contributed by atoms with Crippen molar-refractivity contribution in [1.82, 2.24) is 0 Å². The Morgan fingerprint density at radius 1 is 0.960 bits per heavy atom. The third kappa shape index (κ3) is 5.76. The number of benzene rings is 2. The van der Waals surface area contributed by atoms with Crippen molar-refractivity contribution in [1.29, 1.82) is 0 Å². The number of aryl methyl sites for hydroxylation is 1. The minimum atomic E-state index is -4.45. The van der Waals surface area contributed by atoms with Gasteiger partial charge in [0.2, 0.25) is 0 Å². The largest absolute Gasteiger partial charge is 0.508 e. The topological polar surface area (TPSA) is 83.8 Å². The number of phenolic OH excluding ortho intramolecular Hbond substituents is 1. The molecule has 0 radical (unpaired) electrons. The molecule has 0 saturated heterocycles. The standard InChI is InChI=1S/C19H24O5S/c1-2-3-4-5-6-9-15-10-7-8-11-17(15)24-18-14-16(20)12-13-19(18)25(21,22)23/h7-8,10-14,20H,2-6,9H2,1H3,(H,21,22,23). The predicted molar refractivity (Wildman–Crippen MR) is 96.9 cm³/mol. The average molecular weight is 364 g/mol. The molecule has 2 aromatic carbocycles. The zero-order chi connectivity index (χ0) is 18.3. The zero-order valence-electron chi connectivity index (χ0n) is 14.3. The van der Waals surface area contributed by atoms with Crippen LogP contribution in [0.4, 0.5) is 0 Å². The second kappa shape index (κ2) is 8.87. The fourth-order valence-electron chi connectivity index (χ4n) is 2.64. The molecular formula is C19H24O5S. The van der Waals surface area contributed by atoms with Gasteiger partial charge in [-0.05, 0) is 36.6 Å². The van der Waals surface area contributed by atoms with Crippen molar-refractivity contribution >= 4 is 10.1 Å². The van der Waals surface area contributed by atoms with Crippen molar-refractivity contribution in [3.63, 3.8) is 0 Å². The number of ether oxygens (including phenoxy) is 1. The maximum absolute atomic E-state index is 11.5. The lowest BCUT2D eigenvalue weighted by Gasteiger charge is -2.13. The van der Waals surface area contributed by atoms with Gasteiger partial charge in [0.1, 0.15) is 16.4 Å². The summed E-state index contributed by atoms with van der Waals surface area (Å²) >= 11 is 0. The lowest BCUT2D eigenvalue weighted by Crippen LogP contribution is -2.02. The summed E-state index contributed by atoms with van der Waals surface area (Å²) in [6.07, 6.45) is 6.57. The van der Waals surface area contributed by atoms with Gasteiger partial charge in [-0.15, -0.1) is 0 Å². The first-order valence-electron chi connectivity index (χ1n) is 8.48. The van der Waals surface area contributed by atoms with Crippen LogP contribution in [0.1, 0.15) is 44.6 Å². The molecule has 2 N–H and O–H groups in total. The van der Waals surface area contributed by atoms with Gasteiger partial charge in [0.05, 0.1) is 0 Å². The second-order valence-corrected chi connectivity index (χ2v) is 7.37. The fourth-order valence-corrected chi connectivity index (χ4v) is 3.23. The number of hydrogen-bond acceptors (Lipinski definition) is 4. The van der Waals surface area contributed by atoms with Gasteiger partial charge in [0.15, 0.2) is 5.75 Å². The molecule has 0 amide bonds. The van der Waals surface area contributed by atoms with E-state index in [9.17, 15) is 18.1 Å². The number of phenols is 1. The zero-order valence-corrected chi connectivity index (χ0v) is 15.1. The first-order chi connectivity index (χ1) is 11.9. The monoisotopic (exact) mass is 364 g/mol. The first kappa shape index (κ1) is 19.3. The maximum atomic E-state index is 11.5. The number of rotatable bonds is 9. The molecule has 5 nitrogen and oxygen atoms in total. The Balaban J connectivity index is 2.20. The number of aromatic hydroxyl groups is 1. The predicted octanol–water partition coefficient (Wildman–Crippen LogP) is 4.94. The number of para-hydroxylation sites is 1. The molecule has 0 atom stereocenters. The van der Waals surface area contributed by atoms with Gasteiger partial charge < -0.3 is 9.84 Å². The summed E-state index contributed by atoms with van der Waals surface area (Å²) in [6, 6.07) is 10.9. The molecule has 2 aromatic rings. The Kier molecular flexibility index (Phi) is 6.84. The van der Waals surface area contributed by atoms with Crippen molar-refractivity contribution in [2.24, 2.45) is 0 Å². The molecular weight excluding hydrogens is 340 g/mol. The normalized spacial score (nSPS) is 11.4. The second-order valence-electron chi connectivity index (χ2n) is 5.98. The van der Waals surface area contributed by atoms with Crippen LogP contribution in [0.5, 0.6) is 17.2 Å². The molecule has 0 unspecified atom stereocenters. The molecule has 0 heterocycles. The van der Waals surface area contributed by atoms with Crippen molar-refractivity contribution in [2.45, 2.75) is 50.3 Å². The van der Waals surface area contributed by atoms with Crippen LogP contribution in [0.15, 0.2) is 47.4 Å². The van der Waals surface area contributed by atoms with Crippen LogP contribution in [0, 0.1) is 0 Å². The van der Waals surface area contributed by atoms with Gasteiger partial charge in [0.25, 0.3) is 10.1 Å². The Morgan fingerprint density at radius 3 is 2.40 bits per heavy atom. The number of hydrogen-bond donors (Lipinski definition) is 2. The van der Waals surface area contributed by atoms with Crippen LogP contribution >= 0.6 is 0 Å². The van der Waals surface area contributed by atoms with Crippen molar-refractivity contribution < 1.29 is 22.8 Å². The van der Waals surface area contributed by atoms with Crippen molar-refractivity contribution in [2.75, 3.05) is 0 Å². The molecule has 0 aromatic heterocycles. The molecule has 0 aliphatic carbocycles. The van der Waals surface area contributed by atoms with E-state index in [1.165, 1.54) is 31.4 Å². The molecule has 2 rings (SSSR count). The quantitative estimate of drug-likeness (QED) is 0.486. The molecule has 0 aliphatic rings. The summed E-state index contributed by atoms with van der Waals surface area (Å²) in [7, 11) is -4.45. The summed E-state index contributed by atoms with van der Waals surface area (Å²) in [5.41, 5.74) is 0.962. The lowest BCUT2D eigenvalue weighted by atomic mass is 10.0. The lowest BCUT2D eigenvalue weighted by molar-refractivity contribution is 0.433. The van der Waals surface area contributed by atoms with E-state index < -0.39 is 10.1 Å². The highest BCUT2D eigenvalue weighted by Gasteiger charge is 2.18. The summed E-state index contributed by atoms with van der Waals surface area (Å²) in [4.78, 5) is -0.372. The van der Waals surface area contributed by atoms with E-state index in [-0.39, 0.29) is 16.4 Å². The smallest absolute Gasteiger partial charge is 0.298 e. The van der Waals surface area contributed by atoms with E-state index in [2.05, 4.69) is 6.92 Å². The Hall–Kier alpha value is -2.05. The minimum absolute atomic E-state index is 0.0964. The summed E-state index contributed by atoms with van der Waals surface area (Å²) in [5, 5.41) is 9.62. The Bertz CT molecular complexity index is 799. The van der Waals surface area contributed by atoms with E-state index in [1.807, 2.05) is 12.1 Å². The number of unbranched alkanes of at least 4 members (excludes halogenated alkanes) is 4. The van der Waals surface area contributed by atoms with E-state index in [1.54, 1.807) is 12.1 Å². The molecule has 136 valence electrons. The van der Waals surface area contributed by atoms with Gasteiger partial charge in [-0.1, -0.05) is 50.8 Å². The van der Waals surface area contributed by atoms with Crippen LogP contribution in [0.2, 0.25) is 0 Å². The van der Waals surface area contributed by atoms with Gasteiger partial charge in [-0.2, -0.15) is 8.42 Å². The molecule has 0 bridgehead atoms. The SMILES string of the molecule is CCCCCCCc1ccccc1Oc1cc(O)ccc1S(=O)(=O)O. The van der Waals surface area contributed by atoms with Crippen LogP contribution < -0.4 is 4.74 Å². The molecule has 0 saturated carbocycles. The van der Waals surface area contributed by atoms with E-state index >= 15 is 0 Å². The summed E-state index contributed by atoms with van der Waals surface area (Å²) in [6.45, 7) is 2.17. The van der Waals surface area contributed by atoms with E-state index in [0.717, 1.165) is 30.9 Å².